The Morgan fingerprint density at radius 1 is 0.704 bits per heavy atom. The fourth-order valence-electron chi connectivity index (χ4n) is 6.81. The molecule has 13 N–H and O–H groups in total. The topological polar surface area (TPSA) is 315 Å². The van der Waals surface area contributed by atoms with Crippen molar-refractivity contribution in [1.82, 2.24) is 5.32 Å². The average Bonchev–Trinajstić information content (AvgIpc) is 3.17. The maximum atomic E-state index is 11.1. The minimum atomic E-state index is -1.95. The Kier molecular flexibility index (Phi) is 14.5. The molecule has 3 heterocycles. The van der Waals surface area contributed by atoms with Crippen LogP contribution in [0.15, 0.2) is 42.1 Å². The van der Waals surface area contributed by atoms with Gasteiger partial charge in [-0.15, -0.1) is 0 Å². The fourth-order valence-corrected chi connectivity index (χ4v) is 6.81. The zero-order chi connectivity index (χ0) is 39.4. The van der Waals surface area contributed by atoms with Gasteiger partial charge in [0, 0.05) is 0 Å². The van der Waals surface area contributed by atoms with Gasteiger partial charge in [0.1, 0.15) is 85.1 Å². The lowest BCUT2D eigenvalue weighted by Gasteiger charge is -2.48. The van der Waals surface area contributed by atoms with Crippen LogP contribution in [0.25, 0.3) is 10.9 Å². The summed E-state index contributed by atoms with van der Waals surface area (Å²) in [5, 5.41) is 129. The monoisotopic (exact) mass is 772 g/mol. The highest BCUT2D eigenvalue weighted by Gasteiger charge is 2.54. The molecule has 19 unspecified atom stereocenters. The van der Waals surface area contributed by atoms with Gasteiger partial charge in [-0.1, -0.05) is 24.3 Å². The molecule has 0 radical (unpaired) electrons. The number of nitrogens with one attached hydrogen (secondary N) is 1. The van der Waals surface area contributed by atoms with Crippen LogP contribution in [-0.2, 0) is 23.7 Å². The summed E-state index contributed by atoms with van der Waals surface area (Å²) >= 11 is 0. The minimum Gasteiger partial charge on any atom is -0.462 e. The number of hydrogen-bond acceptors (Lipinski definition) is 19. The summed E-state index contributed by atoms with van der Waals surface area (Å²) < 4.78 is 34.2. The Morgan fingerprint density at radius 2 is 1.24 bits per heavy atom. The van der Waals surface area contributed by atoms with E-state index in [1.54, 1.807) is 18.2 Å². The van der Waals surface area contributed by atoms with Crippen LogP contribution >= 0.6 is 0 Å². The molecule has 3 aliphatic heterocycles. The molecule has 54 heavy (non-hydrogen) atoms. The zero-order valence-electron chi connectivity index (χ0n) is 28.9. The third-order valence-electron chi connectivity index (χ3n) is 9.93. The molecular formula is C34H48N2O18. The molecule has 0 aromatic heterocycles. The molecule has 3 saturated heterocycles. The lowest BCUT2D eigenvalue weighted by atomic mass is 9.86. The van der Waals surface area contributed by atoms with Crippen molar-refractivity contribution in [3.63, 3.8) is 0 Å². The Morgan fingerprint density at radius 3 is 1.80 bits per heavy atom. The number of aliphatic hydroxyl groups excluding tert-OH is 12. The smallest absolute Gasteiger partial charge is 0.229 e. The van der Waals surface area contributed by atoms with E-state index in [1.807, 2.05) is 0 Å². The molecular weight excluding hydrogens is 724 g/mol. The molecule has 1 aliphatic carbocycles. The molecule has 5 rings (SSSR count). The number of rotatable bonds is 12. The van der Waals surface area contributed by atoms with Gasteiger partial charge < -0.3 is 95.0 Å². The van der Waals surface area contributed by atoms with Gasteiger partial charge in [0.05, 0.1) is 44.6 Å². The maximum Gasteiger partial charge on any atom is 0.229 e. The van der Waals surface area contributed by atoms with E-state index in [4.69, 9.17) is 35.0 Å². The second-order valence-corrected chi connectivity index (χ2v) is 13.5. The molecule has 0 saturated carbocycles. The molecule has 302 valence electrons. The Bertz CT molecular complexity index is 1460. The number of nitrogens with zero attached hydrogens (tertiary/aromatic N) is 1. The zero-order valence-corrected chi connectivity index (χ0v) is 28.9. The summed E-state index contributed by atoms with van der Waals surface area (Å²) in [5.74, 6) is 0.228. The Labute approximate surface area is 309 Å². The molecule has 1 aromatic carbocycles. The highest BCUT2D eigenvalue weighted by atomic mass is 16.8. The van der Waals surface area contributed by atoms with Crippen molar-refractivity contribution in [2.75, 3.05) is 19.8 Å². The van der Waals surface area contributed by atoms with Crippen LogP contribution in [0, 0.1) is 6.57 Å². The average molecular weight is 773 g/mol. The second kappa shape index (κ2) is 18.5. The molecule has 0 spiro atoms. The third kappa shape index (κ3) is 8.95. The number of aliphatic hydroxyl groups is 12. The summed E-state index contributed by atoms with van der Waals surface area (Å²) in [7, 11) is 0. The van der Waals surface area contributed by atoms with Crippen molar-refractivity contribution in [3.05, 3.63) is 59.1 Å². The molecule has 4 aliphatic rings. The van der Waals surface area contributed by atoms with Gasteiger partial charge in [0.2, 0.25) is 6.29 Å². The van der Waals surface area contributed by atoms with Gasteiger partial charge in [0.25, 0.3) is 0 Å². The number of benzene rings is 1. The van der Waals surface area contributed by atoms with E-state index in [2.05, 4.69) is 10.2 Å². The third-order valence-corrected chi connectivity index (χ3v) is 9.93. The van der Waals surface area contributed by atoms with Crippen molar-refractivity contribution in [2.45, 2.75) is 123 Å². The molecule has 1 aromatic rings. The van der Waals surface area contributed by atoms with E-state index in [-0.39, 0.29) is 11.3 Å². The standard InChI is InChI=1S/C34H48N2O18/c1-13-20(36-17-9-15(10-37)21(40)24(43)22(17)41)23(42)27(46)32(49-13)53-30-19(12-39)52-34(29(48)26(30)45)54-31-18(11-38)51-33(28(47)25(31)44)50-16-5-3-14(4-6-16)7-8-35-2/h3-9,13,17-34,36-48H,10-12H2,1H3. The van der Waals surface area contributed by atoms with Gasteiger partial charge in [-0.3, -0.25) is 0 Å². The summed E-state index contributed by atoms with van der Waals surface area (Å²) in [6.45, 7) is 6.09. The van der Waals surface area contributed by atoms with E-state index in [0.717, 1.165) is 0 Å². The first-order chi connectivity index (χ1) is 25.7. The normalized spacial score (nSPS) is 44.4. The van der Waals surface area contributed by atoms with Crippen molar-refractivity contribution in [2.24, 2.45) is 0 Å². The predicted octanol–water partition coefficient (Wildman–Crippen LogP) is -5.59. The van der Waals surface area contributed by atoms with Gasteiger partial charge in [-0.2, -0.15) is 0 Å². The van der Waals surface area contributed by atoms with Crippen molar-refractivity contribution in [1.29, 1.82) is 0 Å². The molecule has 20 heteroatoms. The van der Waals surface area contributed by atoms with Crippen LogP contribution < -0.4 is 10.1 Å². The van der Waals surface area contributed by atoms with E-state index in [1.165, 1.54) is 31.3 Å². The summed E-state index contributed by atoms with van der Waals surface area (Å²) in [4.78, 5) is 3.13. The molecule has 3 fully saturated rings. The van der Waals surface area contributed by atoms with Crippen LogP contribution in [0.1, 0.15) is 12.5 Å². The van der Waals surface area contributed by atoms with Crippen molar-refractivity contribution in [3.8, 4) is 5.75 Å². The predicted molar refractivity (Wildman–Crippen MR) is 178 cm³/mol. The van der Waals surface area contributed by atoms with Crippen molar-refractivity contribution < 1.29 is 89.7 Å². The summed E-state index contributed by atoms with van der Waals surface area (Å²) in [6.07, 6.45) is -23.4. The second-order valence-electron chi connectivity index (χ2n) is 13.5. The quantitative estimate of drug-likeness (QED) is 0.0696. The summed E-state index contributed by atoms with van der Waals surface area (Å²) in [6, 6.07) is 4.14. The molecule has 0 amide bonds. The highest BCUT2D eigenvalue weighted by Crippen LogP contribution is 2.33. The number of hydrogen-bond donors (Lipinski definition) is 13. The van der Waals surface area contributed by atoms with Gasteiger partial charge in [-0.25, -0.2) is 4.85 Å². The van der Waals surface area contributed by atoms with E-state index >= 15 is 0 Å². The molecule has 19 atom stereocenters. The molecule has 20 nitrogen and oxygen atoms in total. The van der Waals surface area contributed by atoms with Gasteiger partial charge in [0.15, 0.2) is 18.8 Å². The lowest BCUT2D eigenvalue weighted by molar-refractivity contribution is -0.372. The van der Waals surface area contributed by atoms with Crippen LogP contribution in [0.2, 0.25) is 0 Å². The van der Waals surface area contributed by atoms with E-state index in [0.29, 0.717) is 5.56 Å². The first kappa shape index (κ1) is 42.4. The maximum absolute atomic E-state index is 11.1. The van der Waals surface area contributed by atoms with Crippen LogP contribution in [-0.4, -0.2) is 198 Å². The number of ether oxygens (including phenoxy) is 6. The first-order valence-electron chi connectivity index (χ1n) is 17.2. The van der Waals surface area contributed by atoms with Crippen LogP contribution in [0.4, 0.5) is 0 Å². The van der Waals surface area contributed by atoms with E-state index < -0.39 is 136 Å². The van der Waals surface area contributed by atoms with E-state index in [9.17, 15) is 61.3 Å². The summed E-state index contributed by atoms with van der Waals surface area (Å²) in [5.41, 5.74) is 0.714. The SMILES string of the molecule is [C-]#[N+]C=Cc1ccc(OC2OC(CO)C(OC3OC(CO)C(OC4OC(C)C(NC5C=C(CO)C(O)C(O)C5O)C(O)C4O)C(O)C3O)C(O)C2O)cc1. The Balaban J connectivity index is 1.21. The minimum absolute atomic E-state index is 0.0189. The Hall–Kier alpha value is -2.73. The van der Waals surface area contributed by atoms with Crippen LogP contribution in [0.3, 0.4) is 0 Å². The van der Waals surface area contributed by atoms with Gasteiger partial charge >= 0.3 is 0 Å². The van der Waals surface area contributed by atoms with Crippen LogP contribution in [0.5, 0.6) is 5.75 Å². The lowest BCUT2D eigenvalue weighted by Crippen LogP contribution is -2.68. The highest BCUT2D eigenvalue weighted by molar-refractivity contribution is 5.51. The first-order valence-corrected chi connectivity index (χ1v) is 17.2. The fraction of sp³-hybridized carbons (Fsp3) is 0.676. The molecule has 0 bridgehead atoms. The largest absolute Gasteiger partial charge is 0.462 e. The van der Waals surface area contributed by atoms with Crippen molar-refractivity contribution >= 4 is 6.08 Å². The van der Waals surface area contributed by atoms with Gasteiger partial charge in [-0.05, 0) is 30.2 Å².